The van der Waals surface area contributed by atoms with E-state index in [2.05, 4.69) is 21.7 Å². The van der Waals surface area contributed by atoms with Crippen molar-refractivity contribution in [3.63, 3.8) is 0 Å². The summed E-state index contributed by atoms with van der Waals surface area (Å²) >= 11 is 0. The maximum atomic E-state index is 13.9. The van der Waals surface area contributed by atoms with Crippen molar-refractivity contribution in [1.29, 1.82) is 0 Å². The number of nitrogens with zero attached hydrogens (tertiary/aromatic N) is 1. The van der Waals surface area contributed by atoms with Crippen molar-refractivity contribution in [1.82, 2.24) is 10.6 Å². The highest BCUT2D eigenvalue weighted by atomic mass is 19.1. The summed E-state index contributed by atoms with van der Waals surface area (Å²) in [4.78, 5) is 4.36. The Balaban J connectivity index is 1.36. The van der Waals surface area contributed by atoms with Crippen LogP contribution in [-0.4, -0.2) is 45.4 Å². The van der Waals surface area contributed by atoms with E-state index in [1.807, 2.05) is 24.3 Å². The quantitative estimate of drug-likeness (QED) is 0.602. The lowest BCUT2D eigenvalue weighted by atomic mass is 9.74. The van der Waals surface area contributed by atoms with Gasteiger partial charge in [-0.15, -0.1) is 0 Å². The van der Waals surface area contributed by atoms with Gasteiger partial charge in [0.25, 0.3) is 0 Å². The van der Waals surface area contributed by atoms with Crippen molar-refractivity contribution < 1.29 is 13.9 Å². The van der Waals surface area contributed by atoms with Gasteiger partial charge in [-0.25, -0.2) is 4.39 Å². The summed E-state index contributed by atoms with van der Waals surface area (Å²) in [6, 6.07) is 15.1. The Labute approximate surface area is 171 Å². The number of rotatable bonds is 5. The van der Waals surface area contributed by atoms with Crippen LogP contribution in [0.15, 0.2) is 53.5 Å². The van der Waals surface area contributed by atoms with Crippen LogP contribution in [0.1, 0.15) is 24.0 Å². The van der Waals surface area contributed by atoms with Gasteiger partial charge in [-0.3, -0.25) is 4.99 Å². The topological polar surface area (TPSA) is 54.9 Å². The SMILES string of the molecule is CN=C(NCC1Cc2ccccc2O1)NCC1(c2cccc(F)c2)CCOCC1. The lowest BCUT2D eigenvalue weighted by molar-refractivity contribution is 0.0512. The summed E-state index contributed by atoms with van der Waals surface area (Å²) in [7, 11) is 1.76. The molecule has 1 atom stereocenters. The van der Waals surface area contributed by atoms with Crippen molar-refractivity contribution in [2.45, 2.75) is 30.8 Å². The Hall–Kier alpha value is -2.60. The second-order valence-corrected chi connectivity index (χ2v) is 7.76. The number of ether oxygens (including phenoxy) is 2. The molecule has 0 spiro atoms. The Bertz CT molecular complexity index is 840. The van der Waals surface area contributed by atoms with E-state index in [4.69, 9.17) is 9.47 Å². The normalized spacial score (nSPS) is 20.6. The van der Waals surface area contributed by atoms with Gasteiger partial charge in [0.1, 0.15) is 17.7 Å². The molecule has 2 aliphatic heterocycles. The Kier molecular flexibility index (Phi) is 6.00. The zero-order valence-corrected chi connectivity index (χ0v) is 16.8. The van der Waals surface area contributed by atoms with Gasteiger partial charge in [-0.1, -0.05) is 30.3 Å². The first kappa shape index (κ1) is 19.7. The minimum atomic E-state index is -0.200. The number of aliphatic imine (C=N–C) groups is 1. The third kappa shape index (κ3) is 4.53. The van der Waals surface area contributed by atoms with Crippen molar-refractivity contribution >= 4 is 5.96 Å². The summed E-state index contributed by atoms with van der Waals surface area (Å²) in [5, 5.41) is 6.82. The largest absolute Gasteiger partial charge is 0.488 e. The molecule has 0 aliphatic carbocycles. The Morgan fingerprint density at radius 3 is 2.72 bits per heavy atom. The molecule has 0 bridgehead atoms. The molecular weight excluding hydrogens is 369 g/mol. The third-order valence-electron chi connectivity index (χ3n) is 5.92. The van der Waals surface area contributed by atoms with Crippen molar-refractivity contribution in [3.05, 3.63) is 65.5 Å². The van der Waals surface area contributed by atoms with Gasteiger partial charge in [0.05, 0.1) is 6.54 Å². The molecular formula is C23H28FN3O2. The zero-order chi connectivity index (χ0) is 20.1. The third-order valence-corrected chi connectivity index (χ3v) is 5.92. The molecule has 2 aliphatic rings. The summed E-state index contributed by atoms with van der Waals surface area (Å²) in [6.07, 6.45) is 2.68. The number of nitrogens with one attached hydrogen (secondary N) is 2. The molecule has 2 N–H and O–H groups in total. The zero-order valence-electron chi connectivity index (χ0n) is 16.8. The van der Waals surface area contributed by atoms with E-state index in [9.17, 15) is 4.39 Å². The van der Waals surface area contributed by atoms with E-state index in [-0.39, 0.29) is 17.3 Å². The summed E-state index contributed by atoms with van der Waals surface area (Å²) in [6.45, 7) is 2.70. The smallest absolute Gasteiger partial charge is 0.191 e. The molecule has 2 heterocycles. The summed E-state index contributed by atoms with van der Waals surface area (Å²) in [5.41, 5.74) is 2.09. The lowest BCUT2D eigenvalue weighted by Crippen LogP contribution is -2.49. The van der Waals surface area contributed by atoms with Crippen LogP contribution in [0.5, 0.6) is 5.75 Å². The highest BCUT2D eigenvalue weighted by molar-refractivity contribution is 5.79. The van der Waals surface area contributed by atoms with Crippen LogP contribution in [0.2, 0.25) is 0 Å². The summed E-state index contributed by atoms with van der Waals surface area (Å²) in [5.74, 6) is 1.50. The van der Waals surface area contributed by atoms with Gasteiger partial charge in [0.15, 0.2) is 5.96 Å². The van der Waals surface area contributed by atoms with Gasteiger partial charge in [-0.05, 0) is 42.2 Å². The molecule has 1 unspecified atom stereocenters. The highest BCUT2D eigenvalue weighted by Gasteiger charge is 2.35. The van der Waals surface area contributed by atoms with Crippen LogP contribution in [0.25, 0.3) is 0 Å². The minimum Gasteiger partial charge on any atom is -0.488 e. The van der Waals surface area contributed by atoms with Crippen LogP contribution in [0.4, 0.5) is 4.39 Å². The van der Waals surface area contributed by atoms with Crippen LogP contribution in [0.3, 0.4) is 0 Å². The maximum absolute atomic E-state index is 13.9. The molecule has 2 aromatic rings. The molecule has 4 rings (SSSR count). The van der Waals surface area contributed by atoms with E-state index >= 15 is 0 Å². The second kappa shape index (κ2) is 8.82. The standard InChI is InChI=1S/C23H28FN3O2/c1-25-22(26-15-20-13-17-5-2-3-8-21(17)29-20)27-16-23(9-11-28-12-10-23)18-6-4-7-19(24)14-18/h2-8,14,20H,9-13,15-16H2,1H3,(H2,25,26,27). The molecule has 0 aromatic heterocycles. The molecule has 0 radical (unpaired) electrons. The van der Waals surface area contributed by atoms with Crippen LogP contribution >= 0.6 is 0 Å². The number of fused-ring (bicyclic) bond motifs is 1. The van der Waals surface area contributed by atoms with Crippen LogP contribution in [-0.2, 0) is 16.6 Å². The Morgan fingerprint density at radius 1 is 1.14 bits per heavy atom. The molecule has 1 fully saturated rings. The number of guanidine groups is 1. The molecule has 5 nitrogen and oxygen atoms in total. The molecule has 6 heteroatoms. The van der Waals surface area contributed by atoms with Gasteiger partial charge < -0.3 is 20.1 Å². The van der Waals surface area contributed by atoms with E-state index in [1.165, 1.54) is 11.6 Å². The molecule has 29 heavy (non-hydrogen) atoms. The first-order valence-electron chi connectivity index (χ1n) is 10.2. The van der Waals surface area contributed by atoms with E-state index < -0.39 is 0 Å². The number of halogens is 1. The first-order valence-corrected chi connectivity index (χ1v) is 10.2. The first-order chi connectivity index (χ1) is 14.2. The van der Waals surface area contributed by atoms with Gasteiger partial charge in [0, 0.05) is 38.6 Å². The summed E-state index contributed by atoms with van der Waals surface area (Å²) < 4.78 is 25.4. The minimum absolute atomic E-state index is 0.0891. The molecule has 1 saturated heterocycles. The average Bonchev–Trinajstić information content (AvgIpc) is 3.17. The van der Waals surface area contributed by atoms with Crippen LogP contribution in [0, 0.1) is 5.82 Å². The van der Waals surface area contributed by atoms with E-state index in [0.717, 1.165) is 36.5 Å². The average molecular weight is 397 g/mol. The van der Waals surface area contributed by atoms with Crippen molar-refractivity contribution in [3.8, 4) is 5.75 Å². The number of hydrogen-bond acceptors (Lipinski definition) is 3. The fraction of sp³-hybridized carbons (Fsp3) is 0.435. The van der Waals surface area contributed by atoms with Gasteiger partial charge in [-0.2, -0.15) is 0 Å². The van der Waals surface area contributed by atoms with Crippen molar-refractivity contribution in [2.24, 2.45) is 4.99 Å². The predicted molar refractivity (Wildman–Crippen MR) is 112 cm³/mol. The van der Waals surface area contributed by atoms with Crippen LogP contribution < -0.4 is 15.4 Å². The molecule has 154 valence electrons. The number of para-hydroxylation sites is 1. The van der Waals surface area contributed by atoms with Crippen molar-refractivity contribution in [2.75, 3.05) is 33.4 Å². The lowest BCUT2D eigenvalue weighted by Gasteiger charge is -2.38. The number of benzene rings is 2. The van der Waals surface area contributed by atoms with E-state index in [0.29, 0.717) is 26.3 Å². The second-order valence-electron chi connectivity index (χ2n) is 7.76. The van der Waals surface area contributed by atoms with E-state index in [1.54, 1.807) is 19.2 Å². The fourth-order valence-corrected chi connectivity index (χ4v) is 4.20. The highest BCUT2D eigenvalue weighted by Crippen LogP contribution is 2.34. The molecule has 0 amide bonds. The molecule has 2 aromatic carbocycles. The monoisotopic (exact) mass is 397 g/mol. The predicted octanol–water partition coefficient (Wildman–Crippen LogP) is 3.04. The fourth-order valence-electron chi connectivity index (χ4n) is 4.20. The van der Waals surface area contributed by atoms with Gasteiger partial charge >= 0.3 is 0 Å². The number of hydrogen-bond donors (Lipinski definition) is 2. The molecule has 0 saturated carbocycles. The van der Waals surface area contributed by atoms with Gasteiger partial charge in [0.2, 0.25) is 0 Å². The Morgan fingerprint density at radius 2 is 1.97 bits per heavy atom. The maximum Gasteiger partial charge on any atom is 0.191 e.